The first-order chi connectivity index (χ1) is 9.92. The standard InChI is InChI=1S/C15H18N2O4/c1-3-17(8-9(2)15(20)21)14(19)10-4-5-12-11(6-10)7-13(18)16-12/h4-6,9H,3,7-8H2,1-2H3,(H,16,18)(H,20,21). The fourth-order valence-corrected chi connectivity index (χ4v) is 2.31. The molecule has 2 N–H and O–H groups in total. The van der Waals surface area contributed by atoms with Crippen molar-refractivity contribution in [2.75, 3.05) is 18.4 Å². The van der Waals surface area contributed by atoms with Crippen molar-refractivity contribution in [2.45, 2.75) is 20.3 Å². The summed E-state index contributed by atoms with van der Waals surface area (Å²) in [6.45, 7) is 3.98. The summed E-state index contributed by atoms with van der Waals surface area (Å²) < 4.78 is 0. The number of anilines is 1. The lowest BCUT2D eigenvalue weighted by molar-refractivity contribution is -0.141. The van der Waals surface area contributed by atoms with Crippen LogP contribution < -0.4 is 5.32 Å². The predicted molar refractivity (Wildman–Crippen MR) is 77.2 cm³/mol. The quantitative estimate of drug-likeness (QED) is 0.857. The lowest BCUT2D eigenvalue weighted by Crippen LogP contribution is -2.36. The first kappa shape index (κ1) is 15.0. The Labute approximate surface area is 122 Å². The molecule has 112 valence electrons. The topological polar surface area (TPSA) is 86.7 Å². The second-order valence-corrected chi connectivity index (χ2v) is 5.18. The zero-order valence-electron chi connectivity index (χ0n) is 12.0. The van der Waals surface area contributed by atoms with Crippen molar-refractivity contribution in [3.63, 3.8) is 0 Å². The number of fused-ring (bicyclic) bond motifs is 1. The van der Waals surface area contributed by atoms with Crippen LogP contribution in [0.25, 0.3) is 0 Å². The second-order valence-electron chi connectivity index (χ2n) is 5.18. The van der Waals surface area contributed by atoms with Crippen molar-refractivity contribution >= 4 is 23.5 Å². The number of amides is 2. The van der Waals surface area contributed by atoms with E-state index in [9.17, 15) is 14.4 Å². The highest BCUT2D eigenvalue weighted by atomic mass is 16.4. The van der Waals surface area contributed by atoms with E-state index in [2.05, 4.69) is 5.32 Å². The molecule has 0 radical (unpaired) electrons. The van der Waals surface area contributed by atoms with Gasteiger partial charge in [0.15, 0.2) is 0 Å². The van der Waals surface area contributed by atoms with Crippen molar-refractivity contribution in [2.24, 2.45) is 5.92 Å². The number of nitrogens with one attached hydrogen (secondary N) is 1. The first-order valence-electron chi connectivity index (χ1n) is 6.87. The van der Waals surface area contributed by atoms with Crippen LogP contribution in [-0.4, -0.2) is 40.9 Å². The van der Waals surface area contributed by atoms with Crippen LogP contribution in [0.3, 0.4) is 0 Å². The van der Waals surface area contributed by atoms with Gasteiger partial charge in [-0.05, 0) is 30.7 Å². The molecule has 1 heterocycles. The summed E-state index contributed by atoms with van der Waals surface area (Å²) in [5.41, 5.74) is 2.01. The number of carbonyl (C=O) groups is 3. The number of hydrogen-bond acceptors (Lipinski definition) is 3. The van der Waals surface area contributed by atoms with E-state index in [1.807, 2.05) is 6.92 Å². The lowest BCUT2D eigenvalue weighted by atomic mass is 10.1. The van der Waals surface area contributed by atoms with Gasteiger partial charge in [-0.25, -0.2) is 0 Å². The molecule has 0 bridgehead atoms. The lowest BCUT2D eigenvalue weighted by Gasteiger charge is -2.23. The zero-order valence-corrected chi connectivity index (χ0v) is 12.0. The number of nitrogens with zero attached hydrogens (tertiary/aromatic N) is 1. The van der Waals surface area contributed by atoms with E-state index in [1.165, 1.54) is 4.90 Å². The molecule has 1 aliphatic rings. The van der Waals surface area contributed by atoms with Crippen LogP contribution in [0.1, 0.15) is 29.8 Å². The Hall–Kier alpha value is -2.37. The number of rotatable bonds is 5. The molecule has 1 aliphatic heterocycles. The van der Waals surface area contributed by atoms with Crippen LogP contribution >= 0.6 is 0 Å². The Morgan fingerprint density at radius 3 is 2.76 bits per heavy atom. The van der Waals surface area contributed by atoms with Crippen LogP contribution in [0.2, 0.25) is 0 Å². The average molecular weight is 290 g/mol. The normalized spacial score (nSPS) is 14.3. The molecular formula is C15H18N2O4. The summed E-state index contributed by atoms with van der Waals surface area (Å²) in [7, 11) is 0. The molecule has 0 saturated heterocycles. The maximum absolute atomic E-state index is 12.4. The Kier molecular flexibility index (Phi) is 4.26. The van der Waals surface area contributed by atoms with Gasteiger partial charge in [-0.15, -0.1) is 0 Å². The minimum absolute atomic E-state index is 0.0820. The van der Waals surface area contributed by atoms with Gasteiger partial charge in [-0.1, -0.05) is 6.92 Å². The molecule has 0 saturated carbocycles. The number of carbonyl (C=O) groups excluding carboxylic acids is 2. The molecule has 0 spiro atoms. The molecule has 0 aromatic heterocycles. The van der Waals surface area contributed by atoms with Crippen molar-refractivity contribution in [3.05, 3.63) is 29.3 Å². The number of hydrogen-bond donors (Lipinski definition) is 2. The largest absolute Gasteiger partial charge is 0.481 e. The van der Waals surface area contributed by atoms with E-state index < -0.39 is 11.9 Å². The van der Waals surface area contributed by atoms with E-state index in [-0.39, 0.29) is 24.8 Å². The van der Waals surface area contributed by atoms with Gasteiger partial charge in [-0.2, -0.15) is 0 Å². The number of carboxylic acids is 1. The summed E-state index contributed by atoms with van der Waals surface area (Å²) in [4.78, 5) is 36.2. The molecular weight excluding hydrogens is 272 g/mol. The Bertz CT molecular complexity index is 597. The maximum atomic E-state index is 12.4. The van der Waals surface area contributed by atoms with Gasteiger partial charge in [0.25, 0.3) is 5.91 Å². The molecule has 1 unspecified atom stereocenters. The van der Waals surface area contributed by atoms with Crippen LogP contribution in [0.4, 0.5) is 5.69 Å². The van der Waals surface area contributed by atoms with Gasteiger partial charge < -0.3 is 15.3 Å². The highest BCUT2D eigenvalue weighted by Crippen LogP contribution is 2.24. The van der Waals surface area contributed by atoms with E-state index in [1.54, 1.807) is 25.1 Å². The van der Waals surface area contributed by atoms with Crippen molar-refractivity contribution < 1.29 is 19.5 Å². The summed E-state index contributed by atoms with van der Waals surface area (Å²) >= 11 is 0. The number of aliphatic carboxylic acids is 1. The fourth-order valence-electron chi connectivity index (χ4n) is 2.31. The van der Waals surface area contributed by atoms with E-state index in [4.69, 9.17) is 5.11 Å². The van der Waals surface area contributed by atoms with Gasteiger partial charge in [0, 0.05) is 24.3 Å². The van der Waals surface area contributed by atoms with Crippen LogP contribution in [0.5, 0.6) is 0 Å². The molecule has 6 heteroatoms. The summed E-state index contributed by atoms with van der Waals surface area (Å²) in [5.74, 6) is -1.84. The van der Waals surface area contributed by atoms with Crippen molar-refractivity contribution in [3.8, 4) is 0 Å². The third kappa shape index (κ3) is 3.21. The van der Waals surface area contributed by atoms with Gasteiger partial charge in [0.2, 0.25) is 5.91 Å². The minimum atomic E-state index is -0.926. The average Bonchev–Trinajstić information content (AvgIpc) is 2.82. The molecule has 0 aliphatic carbocycles. The van der Waals surface area contributed by atoms with E-state index in [0.29, 0.717) is 12.1 Å². The molecule has 21 heavy (non-hydrogen) atoms. The van der Waals surface area contributed by atoms with Gasteiger partial charge in [0.1, 0.15) is 0 Å². The smallest absolute Gasteiger partial charge is 0.308 e. The van der Waals surface area contributed by atoms with Crippen LogP contribution in [0, 0.1) is 5.92 Å². The van der Waals surface area contributed by atoms with Crippen LogP contribution in [-0.2, 0) is 16.0 Å². The summed E-state index contributed by atoms with van der Waals surface area (Å²) in [5, 5.41) is 11.7. The Balaban J connectivity index is 2.17. The predicted octanol–water partition coefficient (Wildman–Crippen LogP) is 1.36. The third-order valence-electron chi connectivity index (χ3n) is 3.56. The van der Waals surface area contributed by atoms with Crippen LogP contribution in [0.15, 0.2) is 18.2 Å². The SMILES string of the molecule is CCN(CC(C)C(=O)O)C(=O)c1ccc2c(c1)CC(=O)N2. The minimum Gasteiger partial charge on any atom is -0.481 e. The number of benzene rings is 1. The highest BCUT2D eigenvalue weighted by Gasteiger charge is 2.23. The van der Waals surface area contributed by atoms with E-state index >= 15 is 0 Å². The molecule has 2 amide bonds. The third-order valence-corrected chi connectivity index (χ3v) is 3.56. The first-order valence-corrected chi connectivity index (χ1v) is 6.87. The number of carboxylic acid groups (broad SMARTS) is 1. The molecule has 1 aromatic rings. The molecule has 1 atom stereocenters. The highest BCUT2D eigenvalue weighted by molar-refractivity contribution is 6.01. The van der Waals surface area contributed by atoms with Crippen molar-refractivity contribution in [1.29, 1.82) is 0 Å². The maximum Gasteiger partial charge on any atom is 0.308 e. The molecule has 2 rings (SSSR count). The Morgan fingerprint density at radius 2 is 2.14 bits per heavy atom. The molecule has 1 aromatic carbocycles. The molecule has 6 nitrogen and oxygen atoms in total. The van der Waals surface area contributed by atoms with Gasteiger partial charge >= 0.3 is 5.97 Å². The van der Waals surface area contributed by atoms with E-state index in [0.717, 1.165) is 11.3 Å². The summed E-state index contributed by atoms with van der Waals surface area (Å²) in [6.07, 6.45) is 0.272. The summed E-state index contributed by atoms with van der Waals surface area (Å²) in [6, 6.07) is 5.06. The van der Waals surface area contributed by atoms with Crippen molar-refractivity contribution in [1.82, 2.24) is 4.90 Å². The second kappa shape index (κ2) is 5.95. The van der Waals surface area contributed by atoms with Gasteiger partial charge in [0.05, 0.1) is 12.3 Å². The van der Waals surface area contributed by atoms with Gasteiger partial charge in [-0.3, -0.25) is 14.4 Å². The molecule has 0 fully saturated rings. The zero-order chi connectivity index (χ0) is 15.6. The fraction of sp³-hybridized carbons (Fsp3) is 0.400. The monoisotopic (exact) mass is 290 g/mol. The Morgan fingerprint density at radius 1 is 1.43 bits per heavy atom.